The summed E-state index contributed by atoms with van der Waals surface area (Å²) in [4.78, 5) is 26.5. The average Bonchev–Trinajstić information content (AvgIpc) is 3.25. The molecule has 2 aliphatic rings. The van der Waals surface area contributed by atoms with Crippen LogP contribution in [0.2, 0.25) is 0 Å². The molecule has 2 heterocycles. The highest BCUT2D eigenvalue weighted by atomic mass is 32.2. The summed E-state index contributed by atoms with van der Waals surface area (Å²) in [6.45, 7) is 4.42. The summed E-state index contributed by atoms with van der Waals surface area (Å²) in [5.74, 6) is 1.39. The fourth-order valence-corrected chi connectivity index (χ4v) is 4.32. The van der Waals surface area contributed by atoms with Crippen LogP contribution in [-0.4, -0.2) is 34.4 Å². The van der Waals surface area contributed by atoms with Crippen LogP contribution in [0.3, 0.4) is 0 Å². The number of hydrogen-bond acceptors (Lipinski definition) is 4. The van der Waals surface area contributed by atoms with Crippen molar-refractivity contribution < 1.29 is 9.59 Å². The van der Waals surface area contributed by atoms with E-state index in [2.05, 4.69) is 35.8 Å². The van der Waals surface area contributed by atoms with Crippen molar-refractivity contribution in [2.75, 3.05) is 11.6 Å². The lowest BCUT2D eigenvalue weighted by Gasteiger charge is -2.23. The molecule has 5 nitrogen and oxygen atoms in total. The van der Waals surface area contributed by atoms with Gasteiger partial charge in [0.15, 0.2) is 0 Å². The van der Waals surface area contributed by atoms with Crippen LogP contribution in [0.4, 0.5) is 0 Å². The summed E-state index contributed by atoms with van der Waals surface area (Å²) < 4.78 is 0. The Morgan fingerprint density at radius 3 is 3.00 bits per heavy atom. The summed E-state index contributed by atoms with van der Waals surface area (Å²) >= 11 is 1.65. The summed E-state index contributed by atoms with van der Waals surface area (Å²) in [6, 6.07) is 6.03. The molecule has 1 saturated heterocycles. The number of unbranched alkanes of at least 4 members (excludes halogenated alkanes) is 1. The largest absolute Gasteiger partial charge is 0.350 e. The molecule has 3 rings (SSSR count). The van der Waals surface area contributed by atoms with Gasteiger partial charge in [0, 0.05) is 31.8 Å². The second kappa shape index (κ2) is 8.03. The summed E-state index contributed by atoms with van der Waals surface area (Å²) in [5, 5.41) is 6.33. The van der Waals surface area contributed by atoms with Crippen LogP contribution in [0.1, 0.15) is 42.9 Å². The first-order chi connectivity index (χ1) is 11.7. The van der Waals surface area contributed by atoms with Crippen molar-refractivity contribution in [3.8, 4) is 0 Å². The number of nitrogens with zero attached hydrogens (tertiary/aromatic N) is 1. The van der Waals surface area contributed by atoms with E-state index in [4.69, 9.17) is 0 Å². The Kier molecular flexibility index (Phi) is 5.79. The lowest BCUT2D eigenvalue weighted by atomic mass is 10.1. The molecule has 1 aromatic rings. The molecular formula is C18H25N3O2S. The molecule has 0 saturated carbocycles. The van der Waals surface area contributed by atoms with E-state index in [-0.39, 0.29) is 17.9 Å². The normalized spacial score (nSPS) is 19.4. The van der Waals surface area contributed by atoms with Crippen LogP contribution >= 0.6 is 11.8 Å². The van der Waals surface area contributed by atoms with Crippen LogP contribution in [-0.2, 0) is 29.2 Å². The second-order valence-corrected chi connectivity index (χ2v) is 7.41. The average molecular weight is 347 g/mol. The van der Waals surface area contributed by atoms with Crippen molar-refractivity contribution in [2.24, 2.45) is 0 Å². The van der Waals surface area contributed by atoms with Gasteiger partial charge in [-0.25, -0.2) is 0 Å². The van der Waals surface area contributed by atoms with Crippen molar-refractivity contribution in [1.82, 2.24) is 15.5 Å². The minimum absolute atomic E-state index is 0.0385. The van der Waals surface area contributed by atoms with Crippen molar-refractivity contribution in [2.45, 2.75) is 51.9 Å². The van der Waals surface area contributed by atoms with E-state index < -0.39 is 0 Å². The number of amides is 2. The minimum Gasteiger partial charge on any atom is -0.350 e. The number of nitrogens with one attached hydrogen (secondary N) is 2. The topological polar surface area (TPSA) is 61.4 Å². The number of rotatable bonds is 6. The molecule has 130 valence electrons. The Labute approximate surface area is 147 Å². The van der Waals surface area contributed by atoms with Crippen molar-refractivity contribution in [3.05, 3.63) is 34.9 Å². The Balaban J connectivity index is 1.55. The molecule has 0 bridgehead atoms. The maximum Gasteiger partial charge on any atom is 0.243 e. The van der Waals surface area contributed by atoms with Gasteiger partial charge in [0.2, 0.25) is 11.8 Å². The van der Waals surface area contributed by atoms with Gasteiger partial charge < -0.3 is 15.5 Å². The van der Waals surface area contributed by atoms with Crippen LogP contribution in [0.15, 0.2) is 18.2 Å². The van der Waals surface area contributed by atoms with E-state index in [0.717, 1.165) is 31.5 Å². The third kappa shape index (κ3) is 3.92. The van der Waals surface area contributed by atoms with Crippen LogP contribution in [0, 0.1) is 0 Å². The molecule has 1 atom stereocenters. The van der Waals surface area contributed by atoms with Gasteiger partial charge in [0.25, 0.3) is 0 Å². The number of fused-ring (bicyclic) bond motifs is 1. The maximum atomic E-state index is 12.5. The van der Waals surface area contributed by atoms with E-state index in [1.807, 2.05) is 0 Å². The van der Waals surface area contributed by atoms with Gasteiger partial charge in [-0.1, -0.05) is 31.5 Å². The molecule has 2 amide bonds. The molecule has 6 heteroatoms. The van der Waals surface area contributed by atoms with Gasteiger partial charge in [0.05, 0.1) is 5.88 Å². The zero-order valence-corrected chi connectivity index (χ0v) is 15.0. The maximum absolute atomic E-state index is 12.5. The molecule has 0 aliphatic carbocycles. The fourth-order valence-electron chi connectivity index (χ4n) is 3.14. The van der Waals surface area contributed by atoms with E-state index in [1.165, 1.54) is 11.1 Å². The van der Waals surface area contributed by atoms with Gasteiger partial charge in [-0.2, -0.15) is 0 Å². The Hall–Kier alpha value is -1.53. The highest BCUT2D eigenvalue weighted by Crippen LogP contribution is 2.23. The Morgan fingerprint density at radius 2 is 2.17 bits per heavy atom. The van der Waals surface area contributed by atoms with E-state index in [0.29, 0.717) is 24.6 Å². The molecule has 1 aromatic carbocycles. The van der Waals surface area contributed by atoms with Gasteiger partial charge in [-0.15, -0.1) is 11.8 Å². The summed E-state index contributed by atoms with van der Waals surface area (Å²) in [6.07, 6.45) is 2.42. The SMILES string of the molecule is CCCCC(=O)N1CSCC1C(=O)NCc1ccc2c(c1)CNC2. The molecule has 1 unspecified atom stereocenters. The third-order valence-electron chi connectivity index (χ3n) is 4.62. The smallest absolute Gasteiger partial charge is 0.243 e. The van der Waals surface area contributed by atoms with Gasteiger partial charge in [-0.05, 0) is 23.1 Å². The first-order valence-corrected chi connectivity index (χ1v) is 9.81. The van der Waals surface area contributed by atoms with Crippen molar-refractivity contribution in [1.29, 1.82) is 0 Å². The fraction of sp³-hybridized carbons (Fsp3) is 0.556. The van der Waals surface area contributed by atoms with E-state index >= 15 is 0 Å². The number of carbonyl (C=O) groups excluding carboxylic acids is 2. The molecule has 2 aliphatic heterocycles. The molecule has 2 N–H and O–H groups in total. The monoisotopic (exact) mass is 347 g/mol. The van der Waals surface area contributed by atoms with Gasteiger partial charge in [0.1, 0.15) is 6.04 Å². The second-order valence-electron chi connectivity index (χ2n) is 6.41. The molecule has 0 radical (unpaired) electrons. The predicted molar refractivity (Wildman–Crippen MR) is 96.3 cm³/mol. The summed E-state index contributed by atoms with van der Waals surface area (Å²) in [5.41, 5.74) is 3.76. The number of hydrogen-bond donors (Lipinski definition) is 2. The van der Waals surface area contributed by atoms with Gasteiger partial charge in [-0.3, -0.25) is 9.59 Å². The highest BCUT2D eigenvalue weighted by molar-refractivity contribution is 7.99. The van der Waals surface area contributed by atoms with Crippen LogP contribution in [0.5, 0.6) is 0 Å². The van der Waals surface area contributed by atoms with Gasteiger partial charge >= 0.3 is 0 Å². The minimum atomic E-state index is -0.324. The zero-order chi connectivity index (χ0) is 16.9. The van der Waals surface area contributed by atoms with E-state index in [1.54, 1.807) is 16.7 Å². The molecule has 1 fully saturated rings. The van der Waals surface area contributed by atoms with E-state index in [9.17, 15) is 9.59 Å². The standard InChI is InChI=1S/C18H25N3O2S/c1-2-3-4-17(22)21-12-24-11-16(21)18(23)20-8-13-5-6-14-9-19-10-15(14)7-13/h5-7,16,19H,2-4,8-12H2,1H3,(H,20,23). The van der Waals surface area contributed by atoms with Crippen molar-refractivity contribution >= 4 is 23.6 Å². The van der Waals surface area contributed by atoms with Crippen molar-refractivity contribution in [3.63, 3.8) is 0 Å². The molecule has 0 aromatic heterocycles. The number of carbonyl (C=O) groups is 2. The Bertz CT molecular complexity index is 620. The summed E-state index contributed by atoms with van der Waals surface area (Å²) in [7, 11) is 0. The molecular weight excluding hydrogens is 322 g/mol. The lowest BCUT2D eigenvalue weighted by molar-refractivity contribution is -0.138. The Morgan fingerprint density at radius 1 is 1.33 bits per heavy atom. The quantitative estimate of drug-likeness (QED) is 0.826. The first kappa shape index (κ1) is 17.3. The third-order valence-corrected chi connectivity index (χ3v) is 5.63. The predicted octanol–water partition coefficient (Wildman–Crippen LogP) is 2.00. The number of benzene rings is 1. The molecule has 0 spiro atoms. The zero-order valence-electron chi connectivity index (χ0n) is 14.1. The molecule has 24 heavy (non-hydrogen) atoms. The van der Waals surface area contributed by atoms with Crippen LogP contribution < -0.4 is 10.6 Å². The highest BCUT2D eigenvalue weighted by Gasteiger charge is 2.33. The van der Waals surface area contributed by atoms with Crippen LogP contribution in [0.25, 0.3) is 0 Å². The lowest BCUT2D eigenvalue weighted by Crippen LogP contribution is -2.47. The first-order valence-electron chi connectivity index (χ1n) is 8.65. The number of thioether (sulfide) groups is 1.